The minimum atomic E-state index is 0.255. The monoisotopic (exact) mass is 161 g/mol. The summed E-state index contributed by atoms with van der Waals surface area (Å²) in [7, 11) is 0. The molecule has 0 fully saturated rings. The molecule has 2 nitrogen and oxygen atoms in total. The van der Waals surface area contributed by atoms with Crippen molar-refractivity contribution in [2.75, 3.05) is 6.54 Å². The minimum absolute atomic E-state index is 0.255. The molecule has 0 atom stereocenters. The molecule has 0 bridgehead atoms. The molecule has 12 heavy (non-hydrogen) atoms. The van der Waals surface area contributed by atoms with Crippen molar-refractivity contribution in [1.82, 2.24) is 0 Å². The van der Waals surface area contributed by atoms with E-state index in [1.165, 1.54) is 0 Å². The normalized spacial score (nSPS) is 10.3. The molecule has 0 unspecified atom stereocenters. The Kier molecular flexibility index (Phi) is 3.08. The van der Waals surface area contributed by atoms with Crippen LogP contribution in [0.5, 0.6) is 5.75 Å². The van der Waals surface area contributed by atoms with Crippen LogP contribution in [0.4, 0.5) is 0 Å². The van der Waals surface area contributed by atoms with Crippen LogP contribution in [-0.4, -0.2) is 17.9 Å². The number of rotatable bonds is 3. The molecule has 1 N–H and O–H groups in total. The Morgan fingerprint density at radius 3 is 2.83 bits per heavy atom. The van der Waals surface area contributed by atoms with Crippen LogP contribution >= 0.6 is 0 Å². The summed E-state index contributed by atoms with van der Waals surface area (Å²) in [4.78, 5) is 4.02. The van der Waals surface area contributed by atoms with Crippen LogP contribution in [-0.2, 0) is 0 Å². The van der Waals surface area contributed by atoms with E-state index in [4.69, 9.17) is 0 Å². The molecule has 1 rings (SSSR count). The zero-order valence-corrected chi connectivity index (χ0v) is 6.77. The van der Waals surface area contributed by atoms with Crippen molar-refractivity contribution in [2.45, 2.75) is 0 Å². The lowest BCUT2D eigenvalue weighted by molar-refractivity contribution is 0.474. The number of hydrogen-bond acceptors (Lipinski definition) is 2. The van der Waals surface area contributed by atoms with Crippen LogP contribution in [0.3, 0.4) is 0 Å². The second kappa shape index (κ2) is 4.34. The molecule has 2 heteroatoms. The molecule has 0 aliphatic rings. The van der Waals surface area contributed by atoms with Crippen molar-refractivity contribution < 1.29 is 5.11 Å². The molecule has 1 aromatic rings. The number of phenolic OH excluding ortho intramolecular Hbond substituents is 1. The topological polar surface area (TPSA) is 32.6 Å². The molecule has 0 heterocycles. The van der Waals surface area contributed by atoms with E-state index in [9.17, 15) is 5.11 Å². The molecule has 62 valence electrons. The summed E-state index contributed by atoms with van der Waals surface area (Å²) in [5.74, 6) is 0.255. The summed E-state index contributed by atoms with van der Waals surface area (Å²) in [5, 5.41) is 9.29. The van der Waals surface area contributed by atoms with Crippen molar-refractivity contribution in [3.05, 3.63) is 42.5 Å². The van der Waals surface area contributed by atoms with E-state index >= 15 is 0 Å². The van der Waals surface area contributed by atoms with E-state index in [2.05, 4.69) is 11.6 Å². The molecule has 0 saturated heterocycles. The highest BCUT2D eigenvalue weighted by molar-refractivity contribution is 5.83. The number of nitrogens with zero attached hydrogens (tertiary/aromatic N) is 1. The van der Waals surface area contributed by atoms with E-state index < -0.39 is 0 Å². The van der Waals surface area contributed by atoms with Gasteiger partial charge in [0.15, 0.2) is 0 Å². The van der Waals surface area contributed by atoms with Gasteiger partial charge in [-0.3, -0.25) is 4.99 Å². The number of benzene rings is 1. The highest BCUT2D eigenvalue weighted by Gasteiger charge is 1.92. The van der Waals surface area contributed by atoms with E-state index in [1.54, 1.807) is 24.4 Å². The average molecular weight is 161 g/mol. The predicted octanol–water partition coefficient (Wildman–Crippen LogP) is 2.00. The van der Waals surface area contributed by atoms with E-state index in [1.807, 2.05) is 12.1 Å². The maximum atomic E-state index is 9.29. The predicted molar refractivity (Wildman–Crippen MR) is 50.8 cm³/mol. The maximum absolute atomic E-state index is 9.29. The van der Waals surface area contributed by atoms with Gasteiger partial charge >= 0.3 is 0 Å². The third-order valence-electron chi connectivity index (χ3n) is 1.40. The number of aromatic hydroxyl groups is 1. The van der Waals surface area contributed by atoms with Gasteiger partial charge in [-0.1, -0.05) is 18.2 Å². The van der Waals surface area contributed by atoms with Crippen molar-refractivity contribution in [3.8, 4) is 5.75 Å². The van der Waals surface area contributed by atoms with Crippen molar-refractivity contribution in [3.63, 3.8) is 0 Å². The molecule has 0 aromatic heterocycles. The standard InChI is InChI=1S/C10H11NO/c1-2-7-11-8-9-5-3-4-6-10(9)12/h2-6,8,12H,1,7H2/b11-8+. The van der Waals surface area contributed by atoms with Crippen LogP contribution in [0.15, 0.2) is 41.9 Å². The Labute approximate surface area is 71.9 Å². The maximum Gasteiger partial charge on any atom is 0.124 e. The summed E-state index contributed by atoms with van der Waals surface area (Å²) < 4.78 is 0. The lowest BCUT2D eigenvalue weighted by Gasteiger charge is -1.95. The summed E-state index contributed by atoms with van der Waals surface area (Å²) in [5.41, 5.74) is 0.736. The highest BCUT2D eigenvalue weighted by Crippen LogP contribution is 2.12. The summed E-state index contributed by atoms with van der Waals surface area (Å²) in [6.07, 6.45) is 3.34. The molecule has 0 amide bonds. The third kappa shape index (κ3) is 2.23. The largest absolute Gasteiger partial charge is 0.507 e. The molecule has 0 spiro atoms. The van der Waals surface area contributed by atoms with Crippen LogP contribution in [0.25, 0.3) is 0 Å². The van der Waals surface area contributed by atoms with Gasteiger partial charge in [0.2, 0.25) is 0 Å². The average Bonchev–Trinajstić information content (AvgIpc) is 2.09. The highest BCUT2D eigenvalue weighted by atomic mass is 16.3. The second-order valence-corrected chi connectivity index (χ2v) is 2.34. The fraction of sp³-hybridized carbons (Fsp3) is 0.100. The van der Waals surface area contributed by atoms with Crippen LogP contribution in [0.2, 0.25) is 0 Å². The molecule has 0 radical (unpaired) electrons. The fourth-order valence-electron chi connectivity index (χ4n) is 0.822. The fourth-order valence-corrected chi connectivity index (χ4v) is 0.822. The zero-order valence-electron chi connectivity index (χ0n) is 6.77. The third-order valence-corrected chi connectivity index (χ3v) is 1.40. The Bertz CT molecular complexity index is 292. The lowest BCUT2D eigenvalue weighted by atomic mass is 10.2. The first-order chi connectivity index (χ1) is 5.84. The molecular weight excluding hydrogens is 150 g/mol. The van der Waals surface area contributed by atoms with Gasteiger partial charge in [-0.05, 0) is 12.1 Å². The molecular formula is C10H11NO. The first-order valence-electron chi connectivity index (χ1n) is 3.73. The first-order valence-corrected chi connectivity index (χ1v) is 3.73. The first kappa shape index (κ1) is 8.53. The molecule has 1 aromatic carbocycles. The molecule has 0 aliphatic carbocycles. The smallest absolute Gasteiger partial charge is 0.124 e. The molecule has 0 saturated carbocycles. The Hall–Kier alpha value is -1.57. The number of aliphatic imine (C=N–C) groups is 1. The number of phenols is 1. The minimum Gasteiger partial charge on any atom is -0.507 e. The van der Waals surface area contributed by atoms with Gasteiger partial charge in [0.05, 0.1) is 6.54 Å². The van der Waals surface area contributed by atoms with Gasteiger partial charge in [0.1, 0.15) is 5.75 Å². The number of para-hydroxylation sites is 1. The SMILES string of the molecule is C=CC/N=C/c1ccccc1O. The van der Waals surface area contributed by atoms with Crippen molar-refractivity contribution in [2.24, 2.45) is 4.99 Å². The second-order valence-electron chi connectivity index (χ2n) is 2.34. The van der Waals surface area contributed by atoms with Gasteiger partial charge < -0.3 is 5.11 Å². The Balaban J connectivity index is 2.74. The lowest BCUT2D eigenvalue weighted by Crippen LogP contribution is -1.82. The van der Waals surface area contributed by atoms with Crippen LogP contribution in [0.1, 0.15) is 5.56 Å². The Morgan fingerprint density at radius 2 is 2.17 bits per heavy atom. The van der Waals surface area contributed by atoms with Gasteiger partial charge in [-0.25, -0.2) is 0 Å². The van der Waals surface area contributed by atoms with Crippen molar-refractivity contribution in [1.29, 1.82) is 0 Å². The van der Waals surface area contributed by atoms with Crippen LogP contribution < -0.4 is 0 Å². The quantitative estimate of drug-likeness (QED) is 0.533. The van der Waals surface area contributed by atoms with Gasteiger partial charge in [0, 0.05) is 11.8 Å². The number of hydrogen-bond donors (Lipinski definition) is 1. The van der Waals surface area contributed by atoms with E-state index in [-0.39, 0.29) is 5.75 Å². The summed E-state index contributed by atoms with van der Waals surface area (Å²) >= 11 is 0. The van der Waals surface area contributed by atoms with E-state index in [0.717, 1.165) is 5.56 Å². The van der Waals surface area contributed by atoms with E-state index in [0.29, 0.717) is 6.54 Å². The van der Waals surface area contributed by atoms with Crippen LogP contribution in [0, 0.1) is 0 Å². The summed E-state index contributed by atoms with van der Waals surface area (Å²) in [6, 6.07) is 7.08. The van der Waals surface area contributed by atoms with Gasteiger partial charge in [-0.15, -0.1) is 6.58 Å². The van der Waals surface area contributed by atoms with Gasteiger partial charge in [0.25, 0.3) is 0 Å². The molecule has 0 aliphatic heterocycles. The van der Waals surface area contributed by atoms with Crippen molar-refractivity contribution >= 4 is 6.21 Å². The Morgan fingerprint density at radius 1 is 1.42 bits per heavy atom. The zero-order chi connectivity index (χ0) is 8.81. The summed E-state index contributed by atoms with van der Waals surface area (Å²) in [6.45, 7) is 4.12. The van der Waals surface area contributed by atoms with Gasteiger partial charge in [-0.2, -0.15) is 0 Å².